The van der Waals surface area contributed by atoms with Gasteiger partial charge in [-0.1, -0.05) is 41.5 Å². The van der Waals surface area contributed by atoms with E-state index in [1.165, 1.54) is 25.0 Å². The third-order valence-corrected chi connectivity index (χ3v) is 10.2. The normalized spacial score (nSPS) is 44.9. The lowest BCUT2D eigenvalue weighted by atomic mass is 9.70. The standard InChI is InChI=1S/C24H36O4/c1-21(2)15-9-12-24(21,6)18(13-15)28-20(26)8-7-19(25)27-17-14-23(5)11-10-16(17)22(23,3)4/h7-8,15-18H,9-14H2,1-6H3/b8-7-/t15-,16-,17+,18+,23-,24-/m0/s1. The summed E-state index contributed by atoms with van der Waals surface area (Å²) in [6, 6.07) is 0. The molecule has 4 heteroatoms. The molecule has 0 aromatic heterocycles. The highest BCUT2D eigenvalue weighted by atomic mass is 16.6. The molecule has 4 rings (SSSR count). The molecule has 0 heterocycles. The summed E-state index contributed by atoms with van der Waals surface area (Å²) in [6.07, 6.45) is 8.92. The minimum Gasteiger partial charge on any atom is -0.459 e. The Morgan fingerprint density at radius 3 is 1.96 bits per heavy atom. The van der Waals surface area contributed by atoms with E-state index in [1.54, 1.807) is 0 Å². The number of carbonyl (C=O) groups excluding carboxylic acids is 2. The van der Waals surface area contributed by atoms with Crippen LogP contribution in [0.25, 0.3) is 0 Å². The fourth-order valence-electron chi connectivity index (χ4n) is 7.14. The predicted octanol–water partition coefficient (Wildman–Crippen LogP) is 5.06. The van der Waals surface area contributed by atoms with Crippen molar-refractivity contribution in [2.75, 3.05) is 0 Å². The van der Waals surface area contributed by atoms with Crippen molar-refractivity contribution < 1.29 is 19.1 Å². The summed E-state index contributed by atoms with van der Waals surface area (Å²) >= 11 is 0. The molecule has 4 aliphatic carbocycles. The van der Waals surface area contributed by atoms with Gasteiger partial charge < -0.3 is 9.47 Å². The van der Waals surface area contributed by atoms with Crippen molar-refractivity contribution in [2.24, 2.45) is 33.5 Å². The van der Waals surface area contributed by atoms with Crippen LogP contribution in [-0.2, 0) is 19.1 Å². The molecule has 0 N–H and O–H groups in total. The van der Waals surface area contributed by atoms with Gasteiger partial charge in [0.2, 0.25) is 0 Å². The molecule has 0 saturated heterocycles. The Morgan fingerprint density at radius 1 is 0.857 bits per heavy atom. The van der Waals surface area contributed by atoms with Crippen LogP contribution in [0.1, 0.15) is 80.1 Å². The second-order valence-corrected chi connectivity index (χ2v) is 11.5. The highest BCUT2D eigenvalue weighted by Gasteiger charge is 2.63. The molecule has 4 nitrogen and oxygen atoms in total. The quantitative estimate of drug-likeness (QED) is 0.499. The zero-order valence-corrected chi connectivity index (χ0v) is 18.3. The molecule has 0 unspecified atom stereocenters. The number of ether oxygens (including phenoxy) is 2. The Balaban J connectivity index is 1.32. The minimum atomic E-state index is -0.424. The van der Waals surface area contributed by atoms with Gasteiger partial charge in [-0.05, 0) is 60.7 Å². The number of hydrogen-bond acceptors (Lipinski definition) is 4. The molecule has 28 heavy (non-hydrogen) atoms. The van der Waals surface area contributed by atoms with Crippen LogP contribution >= 0.6 is 0 Å². The third-order valence-electron chi connectivity index (χ3n) is 10.2. The highest BCUT2D eigenvalue weighted by Crippen LogP contribution is 2.67. The fraction of sp³-hybridized carbons (Fsp3) is 0.833. The summed E-state index contributed by atoms with van der Waals surface area (Å²) in [4.78, 5) is 24.6. The van der Waals surface area contributed by atoms with Gasteiger partial charge in [-0.25, -0.2) is 9.59 Å². The van der Waals surface area contributed by atoms with E-state index in [9.17, 15) is 9.59 Å². The van der Waals surface area contributed by atoms with Crippen molar-refractivity contribution in [3.8, 4) is 0 Å². The smallest absolute Gasteiger partial charge is 0.331 e. The third kappa shape index (κ3) is 2.62. The van der Waals surface area contributed by atoms with Gasteiger partial charge in [0.15, 0.2) is 0 Å². The first-order valence-electron chi connectivity index (χ1n) is 11.0. The molecule has 4 fully saturated rings. The van der Waals surface area contributed by atoms with Crippen LogP contribution in [0.3, 0.4) is 0 Å². The number of carbonyl (C=O) groups is 2. The van der Waals surface area contributed by atoms with Gasteiger partial charge in [0.1, 0.15) is 12.2 Å². The van der Waals surface area contributed by atoms with E-state index in [1.807, 2.05) is 0 Å². The number of fused-ring (bicyclic) bond motifs is 4. The van der Waals surface area contributed by atoms with Crippen LogP contribution < -0.4 is 0 Å². The second-order valence-electron chi connectivity index (χ2n) is 11.5. The van der Waals surface area contributed by atoms with E-state index in [-0.39, 0.29) is 33.9 Å². The molecule has 0 aromatic carbocycles. The zero-order valence-electron chi connectivity index (χ0n) is 18.3. The van der Waals surface area contributed by atoms with E-state index in [0.717, 1.165) is 25.7 Å². The average molecular weight is 389 g/mol. The maximum absolute atomic E-state index is 12.3. The lowest BCUT2D eigenvalue weighted by Crippen LogP contribution is -2.38. The maximum Gasteiger partial charge on any atom is 0.331 e. The molecular formula is C24H36O4. The molecule has 4 saturated carbocycles. The Morgan fingerprint density at radius 2 is 1.50 bits per heavy atom. The Kier molecular flexibility index (Phi) is 4.34. The summed E-state index contributed by atoms with van der Waals surface area (Å²) in [5.41, 5.74) is 0.678. The van der Waals surface area contributed by atoms with Crippen molar-refractivity contribution in [3.63, 3.8) is 0 Å². The van der Waals surface area contributed by atoms with Crippen LogP contribution in [0.4, 0.5) is 0 Å². The van der Waals surface area contributed by atoms with Gasteiger partial charge in [0.05, 0.1) is 0 Å². The number of rotatable bonds is 4. The lowest BCUT2D eigenvalue weighted by Gasteiger charge is -2.38. The van der Waals surface area contributed by atoms with Crippen LogP contribution in [0.15, 0.2) is 12.2 Å². The summed E-state index contributed by atoms with van der Waals surface area (Å²) in [7, 11) is 0. The van der Waals surface area contributed by atoms with Crippen molar-refractivity contribution >= 4 is 11.9 Å². The monoisotopic (exact) mass is 388 g/mol. The van der Waals surface area contributed by atoms with Crippen molar-refractivity contribution in [1.82, 2.24) is 0 Å². The van der Waals surface area contributed by atoms with Gasteiger partial charge >= 0.3 is 11.9 Å². The zero-order chi connectivity index (χ0) is 20.5. The van der Waals surface area contributed by atoms with E-state index >= 15 is 0 Å². The second kappa shape index (κ2) is 6.09. The Hall–Kier alpha value is -1.32. The topological polar surface area (TPSA) is 52.6 Å². The van der Waals surface area contributed by atoms with E-state index < -0.39 is 11.9 Å². The molecule has 0 spiro atoms. The lowest BCUT2D eigenvalue weighted by molar-refractivity contribution is -0.152. The Labute approximate surface area is 169 Å². The molecule has 6 atom stereocenters. The van der Waals surface area contributed by atoms with Gasteiger partial charge in [0.25, 0.3) is 0 Å². The van der Waals surface area contributed by atoms with E-state index in [4.69, 9.17) is 9.47 Å². The number of esters is 2. The van der Waals surface area contributed by atoms with E-state index in [2.05, 4.69) is 41.5 Å². The maximum atomic E-state index is 12.3. The summed E-state index contributed by atoms with van der Waals surface area (Å²) in [6.45, 7) is 13.7. The van der Waals surface area contributed by atoms with Gasteiger partial charge in [-0.3, -0.25) is 0 Å². The molecule has 0 aromatic rings. The molecule has 0 amide bonds. The first-order valence-corrected chi connectivity index (χ1v) is 11.0. The fourth-order valence-corrected chi connectivity index (χ4v) is 7.14. The Bertz CT molecular complexity index is 717. The van der Waals surface area contributed by atoms with Crippen LogP contribution in [0.2, 0.25) is 0 Å². The molecule has 0 radical (unpaired) electrons. The van der Waals surface area contributed by atoms with E-state index in [0.29, 0.717) is 11.8 Å². The number of hydrogen-bond donors (Lipinski definition) is 0. The molecule has 4 aliphatic rings. The molecule has 156 valence electrons. The molecule has 4 bridgehead atoms. The summed E-state index contributed by atoms with van der Waals surface area (Å²) in [5.74, 6) is 0.185. The van der Waals surface area contributed by atoms with Crippen LogP contribution in [0.5, 0.6) is 0 Å². The van der Waals surface area contributed by atoms with Gasteiger partial charge in [-0.15, -0.1) is 0 Å². The average Bonchev–Trinajstić information content (AvgIpc) is 3.11. The van der Waals surface area contributed by atoms with Crippen molar-refractivity contribution in [3.05, 3.63) is 12.2 Å². The first kappa shape index (κ1) is 20.0. The van der Waals surface area contributed by atoms with Gasteiger partial charge in [0, 0.05) is 23.5 Å². The summed E-state index contributed by atoms with van der Waals surface area (Å²) < 4.78 is 11.5. The van der Waals surface area contributed by atoms with Crippen molar-refractivity contribution in [1.29, 1.82) is 0 Å². The van der Waals surface area contributed by atoms with Crippen LogP contribution in [0, 0.1) is 33.5 Å². The highest BCUT2D eigenvalue weighted by molar-refractivity contribution is 5.91. The predicted molar refractivity (Wildman–Crippen MR) is 107 cm³/mol. The largest absolute Gasteiger partial charge is 0.459 e. The molecule has 0 aliphatic heterocycles. The first-order chi connectivity index (χ1) is 12.9. The van der Waals surface area contributed by atoms with Crippen molar-refractivity contribution in [2.45, 2.75) is 92.3 Å². The van der Waals surface area contributed by atoms with Gasteiger partial charge in [-0.2, -0.15) is 0 Å². The van der Waals surface area contributed by atoms with Crippen LogP contribution in [-0.4, -0.2) is 24.1 Å². The summed E-state index contributed by atoms with van der Waals surface area (Å²) in [5, 5.41) is 0. The SMILES string of the molecule is CC1(C)[C@H]2CC[C@@]1(C)C[C@H]2OC(=O)/C=C\C(=O)O[C@@H]1C[C@@H]2CC[C@]1(C)C2(C)C. The minimum absolute atomic E-state index is 0.0335. The molecular weight excluding hydrogens is 352 g/mol.